The van der Waals surface area contributed by atoms with Crippen LogP contribution >= 0.6 is 11.6 Å². The van der Waals surface area contributed by atoms with Crippen LogP contribution in [0.3, 0.4) is 0 Å². The van der Waals surface area contributed by atoms with Gasteiger partial charge in [-0.1, -0.05) is 18.0 Å². The zero-order chi connectivity index (χ0) is 18.3. The fourth-order valence-corrected chi connectivity index (χ4v) is 4.55. The molecule has 26 heavy (non-hydrogen) atoms. The van der Waals surface area contributed by atoms with E-state index in [1.54, 1.807) is 18.2 Å². The van der Waals surface area contributed by atoms with Gasteiger partial charge in [0.1, 0.15) is 11.5 Å². The summed E-state index contributed by atoms with van der Waals surface area (Å²) >= 11 is 5.94. The number of benzene rings is 1. The summed E-state index contributed by atoms with van der Waals surface area (Å²) in [5, 5.41) is 19.5. The van der Waals surface area contributed by atoms with E-state index >= 15 is 0 Å². The highest BCUT2D eigenvalue weighted by Crippen LogP contribution is 2.36. The maximum Gasteiger partial charge on any atom is 0.337 e. The molecule has 2 aromatic rings. The lowest BCUT2D eigenvalue weighted by molar-refractivity contribution is -0.0341. The summed E-state index contributed by atoms with van der Waals surface area (Å²) in [4.78, 5) is 13.7. The van der Waals surface area contributed by atoms with Crippen molar-refractivity contribution in [3.8, 4) is 11.3 Å². The summed E-state index contributed by atoms with van der Waals surface area (Å²) in [5.74, 6) is 0.449. The van der Waals surface area contributed by atoms with Crippen LogP contribution in [0.15, 0.2) is 34.7 Å². The molecule has 138 valence electrons. The van der Waals surface area contributed by atoms with Crippen LogP contribution in [0.2, 0.25) is 5.02 Å². The minimum absolute atomic E-state index is 0.0710. The van der Waals surface area contributed by atoms with E-state index in [9.17, 15) is 15.0 Å². The number of aliphatic hydroxyl groups excluding tert-OH is 1. The topological polar surface area (TPSA) is 73.9 Å². The molecular formula is C20H22ClNO4. The Morgan fingerprint density at radius 2 is 1.92 bits per heavy atom. The Balaban J connectivity index is 1.54. The van der Waals surface area contributed by atoms with Crippen molar-refractivity contribution in [3.63, 3.8) is 0 Å². The number of halogens is 1. The molecule has 3 atom stereocenters. The number of furan rings is 1. The highest BCUT2D eigenvalue weighted by Gasteiger charge is 2.37. The number of carboxylic acids is 1. The van der Waals surface area contributed by atoms with Crippen LogP contribution in [0, 0.1) is 0 Å². The molecule has 6 heteroatoms. The third-order valence-corrected chi connectivity index (χ3v) is 5.91. The standard InChI is InChI=1S/C20H22ClNO4/c21-18-6-4-12(8-17(18)20(24)25)19-7-5-16(26-19)11-22-13-2-1-3-14(22)10-15(23)9-13/h4-8,13-15,23H,1-3,9-11H2,(H,24,25)/t13-,14+,15?. The van der Waals surface area contributed by atoms with Crippen LogP contribution in [0.1, 0.15) is 48.2 Å². The van der Waals surface area contributed by atoms with E-state index in [2.05, 4.69) is 4.90 Å². The van der Waals surface area contributed by atoms with E-state index in [0.29, 0.717) is 23.4 Å². The molecule has 0 radical (unpaired) electrons. The number of fused-ring (bicyclic) bond motifs is 2. The first-order valence-electron chi connectivity index (χ1n) is 9.07. The minimum Gasteiger partial charge on any atom is -0.478 e. The Morgan fingerprint density at radius 1 is 1.19 bits per heavy atom. The number of carboxylic acid groups (broad SMARTS) is 1. The SMILES string of the molecule is O=C(O)c1cc(-c2ccc(CN3[C@@H]4CCC[C@H]3CC(O)C4)o2)ccc1Cl. The summed E-state index contributed by atoms with van der Waals surface area (Å²) < 4.78 is 6.00. The van der Waals surface area contributed by atoms with Crippen LogP contribution in [-0.2, 0) is 6.54 Å². The quantitative estimate of drug-likeness (QED) is 0.838. The first-order valence-corrected chi connectivity index (χ1v) is 9.45. The molecule has 2 fully saturated rings. The van der Waals surface area contributed by atoms with Gasteiger partial charge in [0.05, 0.1) is 23.2 Å². The number of rotatable bonds is 4. The summed E-state index contributed by atoms with van der Waals surface area (Å²) in [6.45, 7) is 0.724. The third kappa shape index (κ3) is 3.39. The average molecular weight is 376 g/mol. The van der Waals surface area contributed by atoms with Crippen LogP contribution in [0.25, 0.3) is 11.3 Å². The van der Waals surface area contributed by atoms with Gasteiger partial charge >= 0.3 is 5.97 Å². The maximum atomic E-state index is 11.3. The Kier molecular flexibility index (Phi) is 4.78. The maximum absolute atomic E-state index is 11.3. The van der Waals surface area contributed by atoms with Crippen LogP contribution in [0.4, 0.5) is 0 Å². The Morgan fingerprint density at radius 3 is 2.62 bits per heavy atom. The van der Waals surface area contributed by atoms with Crippen molar-refractivity contribution in [2.24, 2.45) is 0 Å². The highest BCUT2D eigenvalue weighted by atomic mass is 35.5. The van der Waals surface area contributed by atoms with E-state index in [1.807, 2.05) is 12.1 Å². The molecular weight excluding hydrogens is 354 g/mol. The predicted molar refractivity (Wildman–Crippen MR) is 98.3 cm³/mol. The minimum atomic E-state index is -1.05. The van der Waals surface area contributed by atoms with Gasteiger partial charge in [-0.05, 0) is 56.0 Å². The summed E-state index contributed by atoms with van der Waals surface area (Å²) in [5.41, 5.74) is 0.772. The fourth-order valence-electron chi connectivity index (χ4n) is 4.35. The average Bonchev–Trinajstić information content (AvgIpc) is 3.04. The summed E-state index contributed by atoms with van der Waals surface area (Å²) in [6.07, 6.45) is 4.97. The van der Waals surface area contributed by atoms with Crippen molar-refractivity contribution in [2.45, 2.75) is 56.8 Å². The van der Waals surface area contributed by atoms with E-state index < -0.39 is 5.97 Å². The molecule has 0 spiro atoms. The monoisotopic (exact) mass is 375 g/mol. The fraction of sp³-hybridized carbons (Fsp3) is 0.450. The largest absolute Gasteiger partial charge is 0.478 e. The molecule has 0 aliphatic carbocycles. The van der Waals surface area contributed by atoms with Gasteiger partial charge in [-0.2, -0.15) is 0 Å². The van der Waals surface area contributed by atoms with Gasteiger partial charge in [0, 0.05) is 17.6 Å². The number of aliphatic hydroxyl groups is 1. The second-order valence-electron chi connectivity index (χ2n) is 7.30. The molecule has 1 unspecified atom stereocenters. The van der Waals surface area contributed by atoms with Gasteiger partial charge in [0.15, 0.2) is 0 Å². The molecule has 2 saturated heterocycles. The van der Waals surface area contributed by atoms with E-state index in [1.165, 1.54) is 6.42 Å². The van der Waals surface area contributed by atoms with Gasteiger partial charge in [-0.25, -0.2) is 4.79 Å². The van der Waals surface area contributed by atoms with Gasteiger partial charge < -0.3 is 14.6 Å². The number of nitrogens with zero attached hydrogens (tertiary/aromatic N) is 1. The van der Waals surface area contributed by atoms with Crippen LogP contribution in [0.5, 0.6) is 0 Å². The van der Waals surface area contributed by atoms with Crippen molar-refractivity contribution in [1.82, 2.24) is 4.90 Å². The van der Waals surface area contributed by atoms with Crippen LogP contribution in [-0.4, -0.2) is 39.3 Å². The normalized spacial score (nSPS) is 26.0. The number of carbonyl (C=O) groups is 1. The summed E-state index contributed by atoms with van der Waals surface area (Å²) in [6, 6.07) is 9.55. The van der Waals surface area contributed by atoms with Crippen molar-refractivity contribution in [3.05, 3.63) is 46.7 Å². The first-order chi connectivity index (χ1) is 12.5. The predicted octanol–water partition coefficient (Wildman–Crippen LogP) is 4.18. The highest BCUT2D eigenvalue weighted by molar-refractivity contribution is 6.33. The van der Waals surface area contributed by atoms with Gasteiger partial charge in [-0.3, -0.25) is 4.90 Å². The molecule has 2 bridgehead atoms. The summed E-state index contributed by atoms with van der Waals surface area (Å²) in [7, 11) is 0. The van der Waals surface area contributed by atoms with Gasteiger partial charge in [-0.15, -0.1) is 0 Å². The van der Waals surface area contributed by atoms with E-state index in [-0.39, 0.29) is 16.7 Å². The van der Waals surface area contributed by atoms with Crippen LogP contribution < -0.4 is 0 Å². The third-order valence-electron chi connectivity index (χ3n) is 5.58. The van der Waals surface area contributed by atoms with Crippen molar-refractivity contribution >= 4 is 17.6 Å². The molecule has 2 aliphatic heterocycles. The number of hydrogen-bond acceptors (Lipinski definition) is 4. The molecule has 2 aliphatic rings. The molecule has 1 aromatic heterocycles. The zero-order valence-electron chi connectivity index (χ0n) is 14.4. The van der Waals surface area contributed by atoms with E-state index in [0.717, 1.165) is 38.0 Å². The van der Waals surface area contributed by atoms with Gasteiger partial charge in [0.2, 0.25) is 0 Å². The molecule has 5 nitrogen and oxygen atoms in total. The zero-order valence-corrected chi connectivity index (χ0v) is 15.2. The van der Waals surface area contributed by atoms with E-state index in [4.69, 9.17) is 16.0 Å². The first kappa shape index (κ1) is 17.6. The number of hydrogen-bond donors (Lipinski definition) is 2. The molecule has 0 saturated carbocycles. The van der Waals surface area contributed by atoms with Crippen molar-refractivity contribution < 1.29 is 19.4 Å². The Bertz CT molecular complexity index is 804. The lowest BCUT2D eigenvalue weighted by atomic mass is 9.83. The second kappa shape index (κ2) is 7.06. The molecule has 4 rings (SSSR count). The number of aromatic carboxylic acids is 1. The lowest BCUT2D eigenvalue weighted by Crippen LogP contribution is -2.52. The lowest BCUT2D eigenvalue weighted by Gasteiger charge is -2.47. The van der Waals surface area contributed by atoms with Gasteiger partial charge in [0.25, 0.3) is 0 Å². The number of piperidine rings is 2. The molecule has 0 amide bonds. The molecule has 2 N–H and O–H groups in total. The second-order valence-corrected chi connectivity index (χ2v) is 7.71. The van der Waals surface area contributed by atoms with Crippen molar-refractivity contribution in [1.29, 1.82) is 0 Å². The Hall–Kier alpha value is -1.82. The smallest absolute Gasteiger partial charge is 0.337 e. The molecule has 1 aromatic carbocycles. The molecule has 3 heterocycles. The van der Waals surface area contributed by atoms with Crippen molar-refractivity contribution in [2.75, 3.05) is 0 Å². The Labute approximate surface area is 157 Å².